The van der Waals surface area contributed by atoms with Gasteiger partial charge in [-0.15, -0.1) is 5.10 Å². The molecule has 3 aromatic heterocycles. The molecule has 0 atom stereocenters. The Morgan fingerprint density at radius 1 is 1.41 bits per heavy atom. The first-order valence-corrected chi connectivity index (χ1v) is 7.27. The van der Waals surface area contributed by atoms with Crippen molar-refractivity contribution in [2.45, 2.75) is 20.5 Å². The fourth-order valence-electron chi connectivity index (χ4n) is 2.01. The molecule has 0 saturated carbocycles. The summed E-state index contributed by atoms with van der Waals surface area (Å²) in [6.45, 7) is 3.48. The molecular formula is C14H12N4O3S. The van der Waals surface area contributed by atoms with E-state index in [0.717, 1.165) is 17.1 Å². The Balaban J connectivity index is 1.86. The van der Waals surface area contributed by atoms with Crippen LogP contribution in [0.2, 0.25) is 0 Å². The van der Waals surface area contributed by atoms with Crippen molar-refractivity contribution < 1.29 is 9.53 Å². The van der Waals surface area contributed by atoms with Gasteiger partial charge in [0, 0.05) is 12.3 Å². The van der Waals surface area contributed by atoms with Crippen molar-refractivity contribution in [1.29, 1.82) is 0 Å². The SMILES string of the molecule is Cc1nnsc1C(=O)OCc1cc(=O)n2cccc(C)c2n1. The number of aryl methyl sites for hydroxylation is 2. The topological polar surface area (TPSA) is 86.5 Å². The van der Waals surface area contributed by atoms with Gasteiger partial charge in [-0.2, -0.15) is 0 Å². The van der Waals surface area contributed by atoms with Crippen LogP contribution in [0, 0.1) is 13.8 Å². The molecule has 0 amide bonds. The molecule has 0 spiro atoms. The molecule has 3 aromatic rings. The van der Waals surface area contributed by atoms with E-state index in [1.54, 1.807) is 19.2 Å². The second kappa shape index (κ2) is 5.64. The van der Waals surface area contributed by atoms with Crippen molar-refractivity contribution in [2.75, 3.05) is 0 Å². The number of nitrogens with zero attached hydrogens (tertiary/aromatic N) is 4. The highest BCUT2D eigenvalue weighted by molar-refractivity contribution is 7.07. The number of fused-ring (bicyclic) bond motifs is 1. The molecule has 0 bridgehead atoms. The number of hydrogen-bond donors (Lipinski definition) is 0. The van der Waals surface area contributed by atoms with Crippen molar-refractivity contribution in [3.63, 3.8) is 0 Å². The summed E-state index contributed by atoms with van der Waals surface area (Å²) in [7, 11) is 0. The molecule has 0 aliphatic rings. The lowest BCUT2D eigenvalue weighted by Crippen LogP contribution is -2.17. The van der Waals surface area contributed by atoms with Gasteiger partial charge in [-0.3, -0.25) is 9.20 Å². The van der Waals surface area contributed by atoms with Crippen molar-refractivity contribution in [3.8, 4) is 0 Å². The smallest absolute Gasteiger partial charge is 0.352 e. The molecule has 0 aromatic carbocycles. The Morgan fingerprint density at radius 2 is 2.23 bits per heavy atom. The van der Waals surface area contributed by atoms with Gasteiger partial charge in [0.2, 0.25) is 0 Å². The minimum atomic E-state index is -0.515. The molecule has 0 radical (unpaired) electrons. The van der Waals surface area contributed by atoms with Crippen LogP contribution in [0.1, 0.15) is 26.6 Å². The normalized spacial score (nSPS) is 10.8. The van der Waals surface area contributed by atoms with Crippen molar-refractivity contribution in [3.05, 3.63) is 56.6 Å². The van der Waals surface area contributed by atoms with Crippen LogP contribution < -0.4 is 5.56 Å². The van der Waals surface area contributed by atoms with E-state index in [1.165, 1.54) is 10.5 Å². The molecule has 0 aliphatic heterocycles. The third kappa shape index (κ3) is 2.60. The summed E-state index contributed by atoms with van der Waals surface area (Å²) >= 11 is 0.979. The van der Waals surface area contributed by atoms with Crippen molar-refractivity contribution >= 4 is 23.1 Å². The van der Waals surface area contributed by atoms with Crippen LogP contribution in [-0.2, 0) is 11.3 Å². The molecule has 3 rings (SSSR count). The number of carbonyl (C=O) groups excluding carboxylic acids is 1. The quantitative estimate of drug-likeness (QED) is 0.681. The first-order chi connectivity index (χ1) is 10.6. The van der Waals surface area contributed by atoms with Gasteiger partial charge in [0.1, 0.15) is 12.3 Å². The average Bonchev–Trinajstić information content (AvgIpc) is 2.92. The number of esters is 1. The van der Waals surface area contributed by atoms with Crippen LogP contribution in [-0.4, -0.2) is 24.9 Å². The Kier molecular flexibility index (Phi) is 3.68. The highest BCUT2D eigenvalue weighted by Gasteiger charge is 2.15. The molecule has 0 aliphatic carbocycles. The highest BCUT2D eigenvalue weighted by atomic mass is 32.1. The van der Waals surface area contributed by atoms with E-state index in [-0.39, 0.29) is 12.2 Å². The Bertz CT molecular complexity index is 916. The molecule has 0 fully saturated rings. The maximum absolute atomic E-state index is 12.0. The maximum Gasteiger partial charge on any atom is 0.352 e. The number of rotatable bonds is 3. The van der Waals surface area contributed by atoms with E-state index in [2.05, 4.69) is 14.6 Å². The summed E-state index contributed by atoms with van der Waals surface area (Å²) in [4.78, 5) is 28.7. The second-order valence-electron chi connectivity index (χ2n) is 4.73. The maximum atomic E-state index is 12.0. The van der Waals surface area contributed by atoms with E-state index in [4.69, 9.17) is 4.74 Å². The Hall–Kier alpha value is -2.61. The van der Waals surface area contributed by atoms with Crippen molar-refractivity contribution in [2.24, 2.45) is 0 Å². The van der Waals surface area contributed by atoms with Gasteiger partial charge in [0.05, 0.1) is 11.4 Å². The third-order valence-electron chi connectivity index (χ3n) is 3.13. The van der Waals surface area contributed by atoms with Gasteiger partial charge in [0.25, 0.3) is 5.56 Å². The largest absolute Gasteiger partial charge is 0.455 e. The summed E-state index contributed by atoms with van der Waals surface area (Å²) in [5, 5.41) is 3.76. The number of carbonyl (C=O) groups is 1. The van der Waals surface area contributed by atoms with Gasteiger partial charge in [-0.05, 0) is 37.0 Å². The summed E-state index contributed by atoms with van der Waals surface area (Å²) < 4.78 is 10.3. The number of pyridine rings is 1. The fourth-order valence-corrected chi connectivity index (χ4v) is 2.56. The zero-order valence-electron chi connectivity index (χ0n) is 11.9. The Labute approximate surface area is 129 Å². The van der Waals surface area contributed by atoms with Crippen LogP contribution in [0.25, 0.3) is 5.65 Å². The first kappa shape index (κ1) is 14.3. The molecule has 0 unspecified atom stereocenters. The van der Waals surface area contributed by atoms with Gasteiger partial charge in [-0.25, -0.2) is 9.78 Å². The molecule has 0 N–H and O–H groups in total. The van der Waals surface area contributed by atoms with Crippen LogP contribution in [0.5, 0.6) is 0 Å². The van der Waals surface area contributed by atoms with Gasteiger partial charge in [0.15, 0.2) is 4.88 Å². The predicted molar refractivity (Wildman–Crippen MR) is 80.0 cm³/mol. The molecular weight excluding hydrogens is 304 g/mol. The number of hydrogen-bond acceptors (Lipinski definition) is 7. The van der Waals surface area contributed by atoms with E-state index < -0.39 is 5.97 Å². The van der Waals surface area contributed by atoms with Crippen molar-refractivity contribution in [1.82, 2.24) is 19.0 Å². The van der Waals surface area contributed by atoms with Gasteiger partial charge < -0.3 is 4.74 Å². The average molecular weight is 316 g/mol. The minimum Gasteiger partial charge on any atom is -0.455 e. The summed E-state index contributed by atoms with van der Waals surface area (Å²) in [6.07, 6.45) is 1.65. The van der Waals surface area contributed by atoms with Gasteiger partial charge >= 0.3 is 5.97 Å². The first-order valence-electron chi connectivity index (χ1n) is 6.50. The van der Waals surface area contributed by atoms with E-state index in [9.17, 15) is 9.59 Å². The highest BCUT2D eigenvalue weighted by Crippen LogP contribution is 2.12. The zero-order chi connectivity index (χ0) is 15.7. The van der Waals surface area contributed by atoms with E-state index in [0.29, 0.717) is 21.9 Å². The molecule has 8 heteroatoms. The third-order valence-corrected chi connectivity index (χ3v) is 3.94. The summed E-state index contributed by atoms with van der Waals surface area (Å²) in [5.41, 5.74) is 2.14. The fraction of sp³-hybridized carbons (Fsp3) is 0.214. The molecule has 112 valence electrons. The van der Waals surface area contributed by atoms with Crippen LogP contribution in [0.15, 0.2) is 29.2 Å². The van der Waals surface area contributed by atoms with Gasteiger partial charge in [-0.1, -0.05) is 10.6 Å². The Morgan fingerprint density at radius 3 is 2.95 bits per heavy atom. The van der Waals surface area contributed by atoms with Crippen LogP contribution in [0.4, 0.5) is 0 Å². The molecule has 0 saturated heterocycles. The summed E-state index contributed by atoms with van der Waals surface area (Å²) in [6, 6.07) is 5.01. The van der Waals surface area contributed by atoms with Crippen LogP contribution >= 0.6 is 11.5 Å². The summed E-state index contributed by atoms with van der Waals surface area (Å²) in [5.74, 6) is -0.515. The lowest BCUT2D eigenvalue weighted by atomic mass is 10.3. The molecule has 7 nitrogen and oxygen atoms in total. The second-order valence-corrected chi connectivity index (χ2v) is 5.49. The zero-order valence-corrected chi connectivity index (χ0v) is 12.8. The molecule has 22 heavy (non-hydrogen) atoms. The van der Waals surface area contributed by atoms with Crippen LogP contribution in [0.3, 0.4) is 0 Å². The number of aromatic nitrogens is 4. The molecule has 3 heterocycles. The monoisotopic (exact) mass is 316 g/mol. The lowest BCUT2D eigenvalue weighted by molar-refractivity contribution is 0.0472. The predicted octanol–water partition coefficient (Wildman–Crippen LogP) is 1.52. The van der Waals surface area contributed by atoms with E-state index >= 15 is 0 Å². The minimum absolute atomic E-state index is 0.0732. The lowest BCUT2D eigenvalue weighted by Gasteiger charge is -2.06. The van der Waals surface area contributed by atoms with E-state index in [1.807, 2.05) is 13.0 Å². The standard InChI is InChI=1S/C14H12N4O3S/c1-8-4-3-5-18-11(19)6-10(15-13(8)18)7-21-14(20)12-9(2)16-17-22-12/h3-6H,7H2,1-2H3. The number of ether oxygens (including phenoxy) is 1.